The quantitative estimate of drug-likeness (QED) is 0.529. The number of rotatable bonds is 5. The zero-order chi connectivity index (χ0) is 23.0. The highest BCUT2D eigenvalue weighted by molar-refractivity contribution is 7.85. The highest BCUT2D eigenvalue weighted by Crippen LogP contribution is 2.31. The van der Waals surface area contributed by atoms with Crippen molar-refractivity contribution in [2.45, 2.75) is 24.2 Å². The van der Waals surface area contributed by atoms with Crippen LogP contribution in [-0.4, -0.2) is 30.9 Å². The standard InChI is InChI=1S/C18H13F7N4OS/c1-10-7-12(19)13(8-14(10)31(30)9-17(20,21)22)29-16(26-11-5-3-2-4-6-11)27-15(28-29)18(23,24)25/h2-8H,9H2,1H3,(H,26,27,28). The number of alkyl halides is 6. The molecule has 1 N–H and O–H groups in total. The Morgan fingerprint density at radius 3 is 2.29 bits per heavy atom. The van der Waals surface area contributed by atoms with Crippen LogP contribution in [0.3, 0.4) is 0 Å². The van der Waals surface area contributed by atoms with Gasteiger partial charge in [0.25, 0.3) is 5.82 Å². The maximum Gasteiger partial charge on any atom is 0.453 e. The van der Waals surface area contributed by atoms with E-state index in [0.717, 1.165) is 12.1 Å². The van der Waals surface area contributed by atoms with Crippen molar-refractivity contribution in [3.05, 3.63) is 59.7 Å². The summed E-state index contributed by atoms with van der Waals surface area (Å²) in [5.41, 5.74) is -0.395. The molecule has 0 bridgehead atoms. The molecule has 166 valence electrons. The average molecular weight is 466 g/mol. The predicted octanol–water partition coefficient (Wildman–Crippen LogP) is 5.15. The molecule has 0 saturated carbocycles. The van der Waals surface area contributed by atoms with Gasteiger partial charge in [0.2, 0.25) is 5.95 Å². The number of aromatic nitrogens is 3. The van der Waals surface area contributed by atoms with Gasteiger partial charge in [-0.15, -0.1) is 5.10 Å². The monoisotopic (exact) mass is 466 g/mol. The van der Waals surface area contributed by atoms with E-state index >= 15 is 0 Å². The van der Waals surface area contributed by atoms with E-state index < -0.39 is 52.2 Å². The van der Waals surface area contributed by atoms with Crippen molar-refractivity contribution in [2.24, 2.45) is 0 Å². The Kier molecular flexibility index (Phi) is 6.07. The SMILES string of the molecule is Cc1cc(F)c(-n2nc(C(F)(F)F)nc2Nc2ccccc2)cc1S(=O)CC(F)(F)F. The molecule has 1 unspecified atom stereocenters. The van der Waals surface area contributed by atoms with Crippen LogP contribution in [0, 0.1) is 12.7 Å². The fourth-order valence-electron chi connectivity index (χ4n) is 2.61. The summed E-state index contributed by atoms with van der Waals surface area (Å²) in [6.07, 6.45) is -9.73. The van der Waals surface area contributed by atoms with Crippen LogP contribution in [0.4, 0.5) is 42.4 Å². The molecule has 0 radical (unpaired) electrons. The van der Waals surface area contributed by atoms with E-state index in [-0.39, 0.29) is 10.5 Å². The molecule has 0 aliphatic heterocycles. The Hall–Kier alpha value is -2.96. The number of para-hydroxylation sites is 1. The summed E-state index contributed by atoms with van der Waals surface area (Å²) in [4.78, 5) is 2.96. The number of nitrogens with zero attached hydrogens (tertiary/aromatic N) is 3. The average Bonchev–Trinajstić information content (AvgIpc) is 3.05. The van der Waals surface area contributed by atoms with Crippen LogP contribution in [0.5, 0.6) is 0 Å². The largest absolute Gasteiger partial charge is 0.453 e. The van der Waals surface area contributed by atoms with Crippen LogP contribution >= 0.6 is 0 Å². The smallest absolute Gasteiger partial charge is 0.324 e. The van der Waals surface area contributed by atoms with Crippen LogP contribution in [0.15, 0.2) is 47.4 Å². The highest BCUT2D eigenvalue weighted by atomic mass is 32.2. The molecule has 13 heteroatoms. The summed E-state index contributed by atoms with van der Waals surface area (Å²) in [5.74, 6) is -4.91. The molecule has 3 aromatic rings. The third kappa shape index (κ3) is 5.40. The molecule has 0 fully saturated rings. The Labute approximate surface area is 173 Å². The van der Waals surface area contributed by atoms with Gasteiger partial charge in [-0.2, -0.15) is 36.0 Å². The Morgan fingerprint density at radius 2 is 1.71 bits per heavy atom. The first-order valence-electron chi connectivity index (χ1n) is 8.47. The van der Waals surface area contributed by atoms with E-state index in [1.165, 1.54) is 19.1 Å². The third-order valence-electron chi connectivity index (χ3n) is 3.90. The van der Waals surface area contributed by atoms with E-state index in [4.69, 9.17) is 0 Å². The minimum Gasteiger partial charge on any atom is -0.324 e. The molecule has 1 atom stereocenters. The minimum absolute atomic E-state index is 0.0578. The Balaban J connectivity index is 2.13. The Bertz CT molecular complexity index is 1110. The Morgan fingerprint density at radius 1 is 1.06 bits per heavy atom. The van der Waals surface area contributed by atoms with Gasteiger partial charge >= 0.3 is 12.4 Å². The van der Waals surface area contributed by atoms with Crippen molar-refractivity contribution in [3.63, 3.8) is 0 Å². The minimum atomic E-state index is -4.97. The molecule has 1 heterocycles. The van der Waals surface area contributed by atoms with Gasteiger partial charge in [-0.05, 0) is 36.8 Å². The summed E-state index contributed by atoms with van der Waals surface area (Å²) < 4.78 is 105. The molecule has 3 rings (SSSR count). The van der Waals surface area contributed by atoms with E-state index in [1.54, 1.807) is 18.2 Å². The van der Waals surface area contributed by atoms with Crippen molar-refractivity contribution < 1.29 is 34.9 Å². The summed E-state index contributed by atoms with van der Waals surface area (Å²) in [7, 11) is -2.61. The first-order valence-corrected chi connectivity index (χ1v) is 9.79. The number of nitrogens with one attached hydrogen (secondary N) is 1. The lowest BCUT2D eigenvalue weighted by atomic mass is 10.2. The van der Waals surface area contributed by atoms with Gasteiger partial charge in [0.15, 0.2) is 0 Å². The van der Waals surface area contributed by atoms with Crippen LogP contribution in [0.1, 0.15) is 11.4 Å². The molecule has 31 heavy (non-hydrogen) atoms. The van der Waals surface area contributed by atoms with Crippen molar-refractivity contribution in [1.82, 2.24) is 14.8 Å². The second kappa shape index (κ2) is 8.29. The van der Waals surface area contributed by atoms with Gasteiger partial charge < -0.3 is 5.32 Å². The highest BCUT2D eigenvalue weighted by Gasteiger charge is 2.38. The fourth-order valence-corrected chi connectivity index (χ4v) is 3.72. The van der Waals surface area contributed by atoms with Crippen LogP contribution < -0.4 is 5.32 Å². The molecule has 0 saturated heterocycles. The molecule has 0 amide bonds. The van der Waals surface area contributed by atoms with Crippen LogP contribution in [0.2, 0.25) is 0 Å². The summed E-state index contributed by atoms with van der Waals surface area (Å²) in [5, 5.41) is 5.83. The van der Waals surface area contributed by atoms with Crippen molar-refractivity contribution in [3.8, 4) is 5.69 Å². The summed E-state index contributed by atoms with van der Waals surface area (Å²) in [6.45, 7) is 1.24. The molecule has 5 nitrogen and oxygen atoms in total. The van der Waals surface area contributed by atoms with E-state index in [9.17, 15) is 34.9 Å². The first kappa shape index (κ1) is 22.7. The van der Waals surface area contributed by atoms with Crippen LogP contribution in [-0.2, 0) is 17.0 Å². The first-order chi connectivity index (χ1) is 14.3. The fraction of sp³-hybridized carbons (Fsp3) is 0.222. The lowest BCUT2D eigenvalue weighted by Crippen LogP contribution is -2.19. The zero-order valence-corrected chi connectivity index (χ0v) is 16.4. The van der Waals surface area contributed by atoms with Gasteiger partial charge in [-0.1, -0.05) is 18.2 Å². The van der Waals surface area contributed by atoms with Crippen molar-refractivity contribution in [1.29, 1.82) is 0 Å². The van der Waals surface area contributed by atoms with Gasteiger partial charge in [-0.3, -0.25) is 4.21 Å². The maximum absolute atomic E-state index is 14.6. The molecular weight excluding hydrogens is 453 g/mol. The van der Waals surface area contributed by atoms with Crippen molar-refractivity contribution in [2.75, 3.05) is 11.1 Å². The number of hydrogen-bond donors (Lipinski definition) is 1. The normalized spacial score (nSPS) is 13.3. The number of anilines is 2. The topological polar surface area (TPSA) is 59.8 Å². The van der Waals surface area contributed by atoms with Crippen LogP contribution in [0.25, 0.3) is 5.69 Å². The van der Waals surface area contributed by atoms with E-state index in [0.29, 0.717) is 10.4 Å². The number of aryl methyl sites for hydroxylation is 1. The lowest BCUT2D eigenvalue weighted by molar-refractivity contribution is -0.144. The number of benzene rings is 2. The lowest BCUT2D eigenvalue weighted by Gasteiger charge is -2.13. The molecule has 0 spiro atoms. The van der Waals surface area contributed by atoms with Gasteiger partial charge in [0.05, 0.1) is 10.8 Å². The number of halogens is 7. The molecular formula is C18H13F7N4OS. The number of hydrogen-bond acceptors (Lipinski definition) is 4. The zero-order valence-electron chi connectivity index (χ0n) is 15.6. The molecule has 1 aromatic heterocycles. The van der Waals surface area contributed by atoms with Gasteiger partial charge in [0.1, 0.15) is 17.3 Å². The second-order valence-corrected chi connectivity index (χ2v) is 7.75. The summed E-state index contributed by atoms with van der Waals surface area (Å²) in [6, 6.07) is 9.37. The van der Waals surface area contributed by atoms with Gasteiger partial charge in [0, 0.05) is 10.6 Å². The van der Waals surface area contributed by atoms with Gasteiger partial charge in [-0.25, -0.2) is 4.39 Å². The second-order valence-electron chi connectivity index (χ2n) is 6.33. The molecule has 0 aliphatic rings. The molecule has 0 aliphatic carbocycles. The summed E-state index contributed by atoms with van der Waals surface area (Å²) >= 11 is 0. The third-order valence-corrected chi connectivity index (χ3v) is 5.42. The van der Waals surface area contributed by atoms with E-state index in [1.807, 2.05) is 0 Å². The maximum atomic E-state index is 14.6. The predicted molar refractivity (Wildman–Crippen MR) is 98.1 cm³/mol. The van der Waals surface area contributed by atoms with E-state index in [2.05, 4.69) is 15.4 Å². The molecule has 2 aromatic carbocycles. The van der Waals surface area contributed by atoms with Crippen molar-refractivity contribution >= 4 is 22.4 Å².